The zero-order chi connectivity index (χ0) is 29.2. The van der Waals surface area contributed by atoms with Crippen LogP contribution in [0.1, 0.15) is 52.7 Å². The fourth-order valence-corrected chi connectivity index (χ4v) is 4.66. The van der Waals surface area contributed by atoms with Crippen molar-refractivity contribution in [1.82, 2.24) is 0 Å². The van der Waals surface area contributed by atoms with E-state index in [0.717, 1.165) is 57.5 Å². The molecule has 1 N–H and O–H groups in total. The van der Waals surface area contributed by atoms with Gasteiger partial charge in [0.25, 0.3) is 6.47 Å². The van der Waals surface area contributed by atoms with Crippen LogP contribution in [0.3, 0.4) is 0 Å². The monoisotopic (exact) mass is 748 g/mol. The normalized spacial score (nSPS) is 16.1. The molecule has 0 spiro atoms. The van der Waals surface area contributed by atoms with Gasteiger partial charge in [-0.3, -0.25) is 4.79 Å². The topological polar surface area (TPSA) is 107 Å². The molecule has 216 valence electrons. The second-order valence-electron chi connectivity index (χ2n) is 10.1. The molecule has 1 fully saturated rings. The standard InChI is InChI=1S/C10H11BrO2.C9H17BO2.C8H7BrO.CH2O3.2K.H/c11-9-5-8-2-4-13-10(8)6-7(9)1-3-12;1-7(2)10-11-8(3,4)9(5,6)12-10;9-7-2-1-6-3-4-10-8(6)5-7;2-1-4-3;;;/h5-6,12H,1-4H2;1H2,2-6H3;1-2,5H,3-4H2;1,3H;;;/q;;;;2*+1;-1/p-1. The number of benzene rings is 2. The van der Waals surface area contributed by atoms with Gasteiger partial charge in [0.1, 0.15) is 11.5 Å². The van der Waals surface area contributed by atoms with Crippen molar-refractivity contribution in [3.8, 4) is 11.5 Å². The molecule has 1 saturated heterocycles. The molecule has 0 aliphatic carbocycles. The molecule has 0 amide bonds. The number of hydrogen-bond acceptors (Lipinski definition) is 8. The van der Waals surface area contributed by atoms with Crippen LogP contribution in [-0.4, -0.2) is 49.7 Å². The summed E-state index contributed by atoms with van der Waals surface area (Å²) in [6, 6.07) is 10.3. The smallest absolute Gasteiger partial charge is 1.00 e. The van der Waals surface area contributed by atoms with E-state index in [1.807, 2.05) is 52.8 Å². The Bertz CT molecular complexity index is 1130. The molecular formula is C28H37BBr2K2O8. The predicted molar refractivity (Wildman–Crippen MR) is 157 cm³/mol. The quantitative estimate of drug-likeness (QED) is 0.185. The molecule has 3 heterocycles. The van der Waals surface area contributed by atoms with E-state index in [1.54, 1.807) is 0 Å². The number of aliphatic hydroxyl groups is 1. The molecule has 3 aliphatic heterocycles. The van der Waals surface area contributed by atoms with Gasteiger partial charge in [0, 0.05) is 28.4 Å². The summed E-state index contributed by atoms with van der Waals surface area (Å²) in [5, 5.41) is 17.3. The van der Waals surface area contributed by atoms with Crippen LogP contribution < -0.4 is 118 Å². The summed E-state index contributed by atoms with van der Waals surface area (Å²) in [4.78, 5) is 11.2. The third-order valence-electron chi connectivity index (χ3n) is 6.59. The number of ether oxygens (including phenoxy) is 2. The molecule has 8 nitrogen and oxygen atoms in total. The molecule has 0 saturated carbocycles. The number of allylic oxidation sites excluding steroid dienone is 1. The fraction of sp³-hybridized carbons (Fsp3) is 0.464. The van der Waals surface area contributed by atoms with E-state index in [-0.39, 0.29) is 136 Å². The maximum atomic E-state index is 8.83. The number of hydrogen-bond donors (Lipinski definition) is 1. The number of halogens is 2. The summed E-state index contributed by atoms with van der Waals surface area (Å²) >= 11 is 6.87. The number of fused-ring (bicyclic) bond motifs is 2. The summed E-state index contributed by atoms with van der Waals surface area (Å²) in [5.74, 6) is 2.01. The Morgan fingerprint density at radius 1 is 1.05 bits per heavy atom. The molecule has 0 bridgehead atoms. The van der Waals surface area contributed by atoms with Gasteiger partial charge in [-0.15, -0.1) is 6.58 Å². The van der Waals surface area contributed by atoms with E-state index in [9.17, 15) is 0 Å². The average molecular weight is 750 g/mol. The van der Waals surface area contributed by atoms with Gasteiger partial charge in [-0.2, -0.15) is 0 Å². The second-order valence-corrected chi connectivity index (χ2v) is 11.9. The molecule has 0 radical (unpaired) electrons. The van der Waals surface area contributed by atoms with E-state index in [4.69, 9.17) is 33.9 Å². The van der Waals surface area contributed by atoms with Crippen molar-refractivity contribution in [3.63, 3.8) is 0 Å². The Balaban J connectivity index is 0. The van der Waals surface area contributed by atoms with Crippen LogP contribution in [0.5, 0.6) is 11.5 Å². The molecular weight excluding hydrogens is 713 g/mol. The Morgan fingerprint density at radius 3 is 2.02 bits per heavy atom. The van der Waals surface area contributed by atoms with Gasteiger partial charge < -0.3 is 35.5 Å². The van der Waals surface area contributed by atoms with Gasteiger partial charge in [0.15, 0.2) is 0 Å². The van der Waals surface area contributed by atoms with Crippen LogP contribution in [-0.2, 0) is 38.3 Å². The minimum atomic E-state index is -0.241. The van der Waals surface area contributed by atoms with Gasteiger partial charge in [0.2, 0.25) is 0 Å². The van der Waals surface area contributed by atoms with Crippen molar-refractivity contribution in [2.24, 2.45) is 0 Å². The van der Waals surface area contributed by atoms with Crippen LogP contribution in [0.2, 0.25) is 0 Å². The Hall–Kier alpha value is 1.39. The first-order valence-electron chi connectivity index (χ1n) is 12.5. The maximum absolute atomic E-state index is 8.83. The number of rotatable bonds is 4. The van der Waals surface area contributed by atoms with Crippen LogP contribution in [0.4, 0.5) is 0 Å². The van der Waals surface area contributed by atoms with Gasteiger partial charge in [-0.1, -0.05) is 43.4 Å². The SMILES string of the molecule is Brc1ccc2c(c1)OCC2.C=C(C)B1OC(C)(C)C(C)(C)O1.O=CO[O-].OCCc1cc2c(cc1Br)CCO2.[H-].[K+].[K+]. The molecule has 41 heavy (non-hydrogen) atoms. The number of aliphatic hydroxyl groups excluding tert-OH is 1. The van der Waals surface area contributed by atoms with E-state index in [0.29, 0.717) is 6.42 Å². The van der Waals surface area contributed by atoms with E-state index in [1.165, 1.54) is 11.1 Å². The zero-order valence-corrected chi connectivity index (χ0v) is 34.5. The summed E-state index contributed by atoms with van der Waals surface area (Å²) in [7, 11) is -0.241. The number of carbonyl (C=O) groups is 1. The molecule has 3 aliphatic rings. The van der Waals surface area contributed by atoms with Crippen LogP contribution in [0.15, 0.2) is 51.3 Å². The van der Waals surface area contributed by atoms with Gasteiger partial charge in [-0.05, 0) is 82.0 Å². The first kappa shape index (κ1) is 42.4. The predicted octanol–water partition coefficient (Wildman–Crippen LogP) is -0.948. The first-order valence-corrected chi connectivity index (χ1v) is 14.1. The van der Waals surface area contributed by atoms with Crippen LogP contribution in [0.25, 0.3) is 0 Å². The zero-order valence-electron chi connectivity index (χ0n) is 26.1. The van der Waals surface area contributed by atoms with E-state index >= 15 is 0 Å². The van der Waals surface area contributed by atoms with E-state index in [2.05, 4.69) is 55.5 Å². The molecule has 0 atom stereocenters. The Kier molecular flexibility index (Phi) is 21.2. The summed E-state index contributed by atoms with van der Waals surface area (Å²) in [6.45, 7) is 15.5. The summed E-state index contributed by atoms with van der Waals surface area (Å²) in [5.41, 5.74) is 4.14. The second kappa shape index (κ2) is 20.5. The Labute approximate surface area is 347 Å². The largest absolute Gasteiger partial charge is 1.00 e. The molecule has 5 rings (SSSR count). The van der Waals surface area contributed by atoms with Crippen LogP contribution in [0, 0.1) is 0 Å². The molecule has 2 aromatic rings. The summed E-state index contributed by atoms with van der Waals surface area (Å²) < 4.78 is 24.4. The minimum absolute atomic E-state index is 0. The van der Waals surface area contributed by atoms with Gasteiger partial charge in [0.05, 0.1) is 24.4 Å². The fourth-order valence-electron chi connectivity index (χ4n) is 3.73. The number of carbonyl (C=O) groups excluding carboxylic acids is 1. The minimum Gasteiger partial charge on any atom is -1.00 e. The average Bonchev–Trinajstić information content (AvgIpc) is 3.58. The van der Waals surface area contributed by atoms with Gasteiger partial charge in [-0.25, -0.2) is 0 Å². The Morgan fingerprint density at radius 2 is 1.56 bits per heavy atom. The molecule has 0 unspecified atom stereocenters. The van der Waals surface area contributed by atoms with Gasteiger partial charge >= 0.3 is 110 Å². The van der Waals surface area contributed by atoms with Crippen molar-refractivity contribution in [2.45, 2.75) is 65.1 Å². The molecule has 13 heteroatoms. The third kappa shape index (κ3) is 13.3. The third-order valence-corrected chi connectivity index (χ3v) is 7.82. The molecule has 2 aromatic carbocycles. The van der Waals surface area contributed by atoms with Crippen molar-refractivity contribution in [3.05, 3.63) is 68.0 Å². The maximum Gasteiger partial charge on any atom is 1.00 e. The summed E-state index contributed by atoms with van der Waals surface area (Å²) in [6.07, 6.45) is 2.73. The van der Waals surface area contributed by atoms with Crippen LogP contribution >= 0.6 is 31.9 Å². The van der Waals surface area contributed by atoms with E-state index < -0.39 is 0 Å². The first-order chi connectivity index (χ1) is 18.3. The van der Waals surface area contributed by atoms with Crippen molar-refractivity contribution in [2.75, 3.05) is 19.8 Å². The van der Waals surface area contributed by atoms with Crippen molar-refractivity contribution >= 4 is 45.5 Å². The molecule has 0 aromatic heterocycles. The van der Waals surface area contributed by atoms with Crippen molar-refractivity contribution < 1.29 is 143 Å². The van der Waals surface area contributed by atoms with Crippen molar-refractivity contribution in [1.29, 1.82) is 0 Å².